The van der Waals surface area contributed by atoms with Crippen molar-refractivity contribution in [3.63, 3.8) is 0 Å². The Hall–Kier alpha value is -1.23. The quantitative estimate of drug-likeness (QED) is 0.805. The SMILES string of the molecule is CCC(CSC)NC(=O)Cc1ccc(N)cn1. The van der Waals surface area contributed by atoms with Crippen LogP contribution in [0.25, 0.3) is 0 Å². The van der Waals surface area contributed by atoms with Crippen LogP contribution in [0.3, 0.4) is 0 Å². The van der Waals surface area contributed by atoms with Crippen LogP contribution in [0.2, 0.25) is 0 Å². The van der Waals surface area contributed by atoms with E-state index < -0.39 is 0 Å². The number of nitrogens with zero attached hydrogens (tertiary/aromatic N) is 1. The predicted molar refractivity (Wildman–Crippen MR) is 73.0 cm³/mol. The molecule has 17 heavy (non-hydrogen) atoms. The number of hydrogen-bond donors (Lipinski definition) is 2. The fraction of sp³-hybridized carbons (Fsp3) is 0.500. The fourth-order valence-corrected chi connectivity index (χ4v) is 2.17. The van der Waals surface area contributed by atoms with Gasteiger partial charge in [-0.1, -0.05) is 6.92 Å². The van der Waals surface area contributed by atoms with Crippen LogP contribution in [0.15, 0.2) is 18.3 Å². The van der Waals surface area contributed by atoms with Crippen LogP contribution in [0.4, 0.5) is 5.69 Å². The number of nitrogen functional groups attached to an aromatic ring is 1. The Morgan fingerprint density at radius 2 is 2.35 bits per heavy atom. The lowest BCUT2D eigenvalue weighted by molar-refractivity contribution is -0.121. The van der Waals surface area contributed by atoms with Gasteiger partial charge < -0.3 is 11.1 Å². The summed E-state index contributed by atoms with van der Waals surface area (Å²) in [6.45, 7) is 2.07. The molecular weight excluding hydrogens is 234 g/mol. The molecule has 5 heteroatoms. The van der Waals surface area contributed by atoms with Crippen LogP contribution in [-0.4, -0.2) is 28.9 Å². The Bertz CT molecular complexity index is 353. The normalized spacial score (nSPS) is 12.1. The number of pyridine rings is 1. The largest absolute Gasteiger partial charge is 0.397 e. The van der Waals surface area contributed by atoms with E-state index in [-0.39, 0.29) is 11.9 Å². The highest BCUT2D eigenvalue weighted by atomic mass is 32.2. The number of thioether (sulfide) groups is 1. The molecule has 0 saturated heterocycles. The minimum atomic E-state index is 0.0168. The average Bonchev–Trinajstić information content (AvgIpc) is 2.31. The summed E-state index contributed by atoms with van der Waals surface area (Å²) in [4.78, 5) is 15.9. The third kappa shape index (κ3) is 5.08. The highest BCUT2D eigenvalue weighted by molar-refractivity contribution is 7.98. The molecule has 1 heterocycles. The first-order chi connectivity index (χ1) is 8.15. The van der Waals surface area contributed by atoms with Crippen LogP contribution >= 0.6 is 11.8 Å². The maximum atomic E-state index is 11.7. The lowest BCUT2D eigenvalue weighted by atomic mass is 10.2. The summed E-state index contributed by atoms with van der Waals surface area (Å²) in [5.74, 6) is 0.959. The second-order valence-electron chi connectivity index (χ2n) is 3.89. The Morgan fingerprint density at radius 3 is 2.88 bits per heavy atom. The third-order valence-electron chi connectivity index (χ3n) is 2.42. The van der Waals surface area contributed by atoms with Gasteiger partial charge in [-0.15, -0.1) is 0 Å². The second kappa shape index (κ2) is 7.17. The van der Waals surface area contributed by atoms with Crippen LogP contribution < -0.4 is 11.1 Å². The number of nitrogens with two attached hydrogens (primary N) is 1. The molecule has 1 atom stereocenters. The van der Waals surface area contributed by atoms with Gasteiger partial charge in [0.15, 0.2) is 0 Å². The van der Waals surface area contributed by atoms with E-state index in [0.29, 0.717) is 12.1 Å². The zero-order valence-electron chi connectivity index (χ0n) is 10.3. The Balaban J connectivity index is 2.46. The standard InChI is InChI=1S/C12H19N3OS/c1-3-10(8-17-2)15-12(16)6-11-5-4-9(13)7-14-11/h4-5,7,10H,3,6,8,13H2,1-2H3,(H,15,16). The van der Waals surface area contributed by atoms with Gasteiger partial charge in [0.1, 0.15) is 0 Å². The fourth-order valence-electron chi connectivity index (χ4n) is 1.45. The van der Waals surface area contributed by atoms with Gasteiger partial charge in [-0.2, -0.15) is 11.8 Å². The molecule has 0 aliphatic rings. The van der Waals surface area contributed by atoms with Gasteiger partial charge in [0.2, 0.25) is 5.91 Å². The molecule has 0 spiro atoms. The van der Waals surface area contributed by atoms with E-state index in [9.17, 15) is 4.79 Å². The molecule has 0 fully saturated rings. The van der Waals surface area contributed by atoms with E-state index in [1.807, 2.05) is 6.26 Å². The van der Waals surface area contributed by atoms with Crippen molar-refractivity contribution in [1.29, 1.82) is 0 Å². The molecule has 4 nitrogen and oxygen atoms in total. The summed E-state index contributed by atoms with van der Waals surface area (Å²) in [5, 5.41) is 3.00. The molecule has 0 aliphatic carbocycles. The summed E-state index contributed by atoms with van der Waals surface area (Å²) in [6.07, 6.45) is 4.87. The molecule has 3 N–H and O–H groups in total. The van der Waals surface area contributed by atoms with E-state index in [0.717, 1.165) is 17.9 Å². The summed E-state index contributed by atoms with van der Waals surface area (Å²) in [5.41, 5.74) is 6.89. The summed E-state index contributed by atoms with van der Waals surface area (Å²) in [7, 11) is 0. The van der Waals surface area contributed by atoms with E-state index in [2.05, 4.69) is 17.2 Å². The Labute approximate surface area is 106 Å². The number of amides is 1. The van der Waals surface area contributed by atoms with Gasteiger partial charge in [-0.25, -0.2) is 0 Å². The average molecular weight is 253 g/mol. The molecule has 1 amide bonds. The summed E-state index contributed by atoms with van der Waals surface area (Å²) >= 11 is 1.74. The molecule has 1 aromatic heterocycles. The van der Waals surface area contributed by atoms with E-state index in [1.54, 1.807) is 30.1 Å². The molecule has 1 unspecified atom stereocenters. The minimum absolute atomic E-state index is 0.0168. The lowest BCUT2D eigenvalue weighted by Gasteiger charge is -2.15. The van der Waals surface area contributed by atoms with Gasteiger partial charge >= 0.3 is 0 Å². The summed E-state index contributed by atoms with van der Waals surface area (Å²) in [6, 6.07) is 3.78. The summed E-state index contributed by atoms with van der Waals surface area (Å²) < 4.78 is 0. The van der Waals surface area contributed by atoms with Crippen LogP contribution in [0.1, 0.15) is 19.0 Å². The maximum absolute atomic E-state index is 11.7. The van der Waals surface area contributed by atoms with Gasteiger partial charge in [0.25, 0.3) is 0 Å². The van der Waals surface area contributed by atoms with E-state index in [4.69, 9.17) is 5.73 Å². The number of aromatic nitrogens is 1. The lowest BCUT2D eigenvalue weighted by Crippen LogP contribution is -2.37. The van der Waals surface area contributed by atoms with Crippen molar-refractivity contribution in [2.75, 3.05) is 17.7 Å². The number of rotatable bonds is 6. The molecular formula is C12H19N3OS. The van der Waals surface area contributed by atoms with Gasteiger partial charge in [0.05, 0.1) is 18.3 Å². The number of anilines is 1. The molecule has 94 valence electrons. The van der Waals surface area contributed by atoms with Crippen molar-refractivity contribution >= 4 is 23.4 Å². The zero-order chi connectivity index (χ0) is 12.7. The molecule has 0 aromatic carbocycles. The highest BCUT2D eigenvalue weighted by Crippen LogP contribution is 2.04. The first kappa shape index (κ1) is 13.8. The first-order valence-corrected chi connectivity index (χ1v) is 7.03. The molecule has 0 bridgehead atoms. The van der Waals surface area contributed by atoms with Gasteiger partial charge in [-0.05, 0) is 24.8 Å². The van der Waals surface area contributed by atoms with Gasteiger partial charge in [0, 0.05) is 17.5 Å². The topological polar surface area (TPSA) is 68.0 Å². The van der Waals surface area contributed by atoms with Crippen LogP contribution in [0.5, 0.6) is 0 Å². The van der Waals surface area contributed by atoms with Crippen molar-refractivity contribution in [2.24, 2.45) is 0 Å². The number of carbonyl (C=O) groups excluding carboxylic acids is 1. The first-order valence-electron chi connectivity index (χ1n) is 5.64. The van der Waals surface area contributed by atoms with E-state index in [1.165, 1.54) is 0 Å². The molecule has 0 saturated carbocycles. The smallest absolute Gasteiger partial charge is 0.226 e. The Morgan fingerprint density at radius 1 is 1.59 bits per heavy atom. The monoisotopic (exact) mass is 253 g/mol. The van der Waals surface area contributed by atoms with Crippen LogP contribution in [0, 0.1) is 0 Å². The highest BCUT2D eigenvalue weighted by Gasteiger charge is 2.10. The van der Waals surface area contributed by atoms with E-state index >= 15 is 0 Å². The van der Waals surface area contributed by atoms with Crippen molar-refractivity contribution in [2.45, 2.75) is 25.8 Å². The second-order valence-corrected chi connectivity index (χ2v) is 4.80. The predicted octanol–water partition coefficient (Wildman–Crippen LogP) is 1.46. The third-order valence-corrected chi connectivity index (χ3v) is 3.15. The number of carbonyl (C=O) groups is 1. The van der Waals surface area contributed by atoms with Crippen molar-refractivity contribution in [3.05, 3.63) is 24.0 Å². The Kier molecular flexibility index (Phi) is 5.83. The number of hydrogen-bond acceptors (Lipinski definition) is 4. The minimum Gasteiger partial charge on any atom is -0.397 e. The zero-order valence-corrected chi connectivity index (χ0v) is 11.1. The van der Waals surface area contributed by atoms with Crippen LogP contribution in [-0.2, 0) is 11.2 Å². The van der Waals surface area contributed by atoms with Crippen molar-refractivity contribution < 1.29 is 4.79 Å². The molecule has 0 aliphatic heterocycles. The molecule has 1 rings (SSSR count). The van der Waals surface area contributed by atoms with Crippen molar-refractivity contribution in [3.8, 4) is 0 Å². The molecule has 1 aromatic rings. The maximum Gasteiger partial charge on any atom is 0.226 e. The molecule has 0 radical (unpaired) electrons. The van der Waals surface area contributed by atoms with Crippen molar-refractivity contribution in [1.82, 2.24) is 10.3 Å². The van der Waals surface area contributed by atoms with Gasteiger partial charge in [-0.3, -0.25) is 9.78 Å². The number of nitrogens with one attached hydrogen (secondary N) is 1.